The van der Waals surface area contributed by atoms with Crippen LogP contribution in [0.4, 0.5) is 4.79 Å². The molecule has 1 fully saturated rings. The smallest absolute Gasteiger partial charge is 0.418 e. The van der Waals surface area contributed by atoms with E-state index >= 15 is 0 Å². The molecule has 0 aromatic heterocycles. The molecule has 1 heterocycles. The highest BCUT2D eigenvalue weighted by Gasteiger charge is 2.43. The zero-order valence-corrected chi connectivity index (χ0v) is 11.8. The molecule has 0 aliphatic carbocycles. The number of ether oxygens (including phenoxy) is 1. The maximum Gasteiger partial charge on any atom is 0.418 e. The number of carbonyl (C=O) groups is 3. The summed E-state index contributed by atoms with van der Waals surface area (Å²) in [4.78, 5) is 36.8. The monoisotopic (exact) mass is 275 g/mol. The van der Waals surface area contributed by atoms with Crippen LogP contribution in [0.2, 0.25) is 0 Å². The Kier molecular flexibility index (Phi) is 3.61. The van der Waals surface area contributed by atoms with Gasteiger partial charge in [0, 0.05) is 11.0 Å². The second-order valence-electron chi connectivity index (χ2n) is 5.77. The Balaban J connectivity index is 2.16. The molecule has 1 aliphatic rings. The van der Waals surface area contributed by atoms with E-state index in [1.165, 1.54) is 0 Å². The van der Waals surface area contributed by atoms with Crippen LogP contribution in [0.3, 0.4) is 0 Å². The first-order valence-electron chi connectivity index (χ1n) is 6.41. The average molecular weight is 275 g/mol. The van der Waals surface area contributed by atoms with Gasteiger partial charge in [-0.2, -0.15) is 0 Å². The van der Waals surface area contributed by atoms with Crippen molar-refractivity contribution >= 4 is 17.8 Å². The van der Waals surface area contributed by atoms with E-state index in [1.807, 2.05) is 6.07 Å². The van der Waals surface area contributed by atoms with Crippen LogP contribution in [0.15, 0.2) is 30.3 Å². The van der Waals surface area contributed by atoms with E-state index in [1.54, 1.807) is 45.0 Å². The molecule has 1 atom stereocenters. The molecule has 0 N–H and O–H groups in total. The number of benzene rings is 1. The van der Waals surface area contributed by atoms with E-state index in [9.17, 15) is 14.4 Å². The number of ketones is 1. The second kappa shape index (κ2) is 5.07. The third-order valence-corrected chi connectivity index (χ3v) is 3.17. The highest BCUT2D eigenvalue weighted by atomic mass is 16.6. The molecule has 1 unspecified atom stereocenters. The molecule has 5 nitrogen and oxygen atoms in total. The third-order valence-electron chi connectivity index (χ3n) is 3.17. The fraction of sp³-hybridized carbons (Fsp3) is 0.400. The molecule has 0 bridgehead atoms. The first-order valence-corrected chi connectivity index (χ1v) is 6.41. The predicted molar refractivity (Wildman–Crippen MR) is 71.8 cm³/mol. The molecule has 1 aromatic rings. The number of carbonyl (C=O) groups excluding carboxylic acids is 3. The van der Waals surface area contributed by atoms with Gasteiger partial charge in [0.25, 0.3) is 5.91 Å². The summed E-state index contributed by atoms with van der Waals surface area (Å²) in [7, 11) is 0. The van der Waals surface area contributed by atoms with Crippen molar-refractivity contribution in [1.29, 1.82) is 0 Å². The van der Waals surface area contributed by atoms with Crippen molar-refractivity contribution in [3.05, 3.63) is 35.9 Å². The largest absolute Gasteiger partial charge is 0.431 e. The molecule has 2 amide bonds. The molecular formula is C15H17NO4. The van der Waals surface area contributed by atoms with E-state index in [2.05, 4.69) is 0 Å². The van der Waals surface area contributed by atoms with Crippen LogP contribution in [0.1, 0.15) is 32.4 Å². The summed E-state index contributed by atoms with van der Waals surface area (Å²) in [5, 5.41) is 0. The number of nitrogens with zero attached hydrogens (tertiary/aromatic N) is 1. The number of Topliss-reactive ketones (excluding diaryl/α,β-unsaturated/α-hetero) is 1. The Morgan fingerprint density at radius 3 is 2.35 bits per heavy atom. The maximum atomic E-state index is 12.2. The van der Waals surface area contributed by atoms with Crippen molar-refractivity contribution in [1.82, 2.24) is 4.90 Å². The van der Waals surface area contributed by atoms with E-state index < -0.39 is 23.5 Å². The molecule has 0 spiro atoms. The minimum absolute atomic E-state index is 0.184. The van der Waals surface area contributed by atoms with Crippen molar-refractivity contribution in [3.8, 4) is 0 Å². The van der Waals surface area contributed by atoms with Crippen LogP contribution in [-0.4, -0.2) is 29.2 Å². The normalized spacial score (nSPS) is 19.1. The van der Waals surface area contributed by atoms with Gasteiger partial charge in [-0.3, -0.25) is 9.59 Å². The van der Waals surface area contributed by atoms with Crippen LogP contribution in [0.25, 0.3) is 0 Å². The number of rotatable bonds is 3. The van der Waals surface area contributed by atoms with Crippen molar-refractivity contribution < 1.29 is 19.1 Å². The summed E-state index contributed by atoms with van der Waals surface area (Å²) in [6.45, 7) is 4.99. The highest BCUT2D eigenvalue weighted by molar-refractivity contribution is 6.04. The van der Waals surface area contributed by atoms with E-state index in [4.69, 9.17) is 4.74 Å². The van der Waals surface area contributed by atoms with Gasteiger partial charge < -0.3 is 4.74 Å². The van der Waals surface area contributed by atoms with Gasteiger partial charge >= 0.3 is 6.09 Å². The lowest BCUT2D eigenvalue weighted by Gasteiger charge is -2.19. The van der Waals surface area contributed by atoms with E-state index in [0.29, 0.717) is 5.56 Å². The lowest BCUT2D eigenvalue weighted by molar-refractivity contribution is -0.135. The lowest BCUT2D eigenvalue weighted by Crippen LogP contribution is -2.39. The van der Waals surface area contributed by atoms with Gasteiger partial charge in [-0.15, -0.1) is 0 Å². The zero-order chi connectivity index (χ0) is 14.9. The Labute approximate surface area is 117 Å². The molecule has 0 radical (unpaired) electrons. The fourth-order valence-corrected chi connectivity index (χ4v) is 1.81. The Hall–Kier alpha value is -2.17. The Morgan fingerprint density at radius 2 is 1.80 bits per heavy atom. The number of amides is 2. The van der Waals surface area contributed by atoms with Crippen LogP contribution in [0, 0.1) is 5.41 Å². The Bertz CT molecular complexity index is 545. The molecule has 20 heavy (non-hydrogen) atoms. The van der Waals surface area contributed by atoms with Crippen molar-refractivity contribution in [2.24, 2.45) is 5.41 Å². The topological polar surface area (TPSA) is 63.7 Å². The third kappa shape index (κ3) is 2.71. The van der Waals surface area contributed by atoms with E-state index in [0.717, 1.165) is 4.90 Å². The summed E-state index contributed by atoms with van der Waals surface area (Å²) < 4.78 is 5.07. The molecule has 1 saturated heterocycles. The summed E-state index contributed by atoms with van der Waals surface area (Å²) in [5.41, 5.74) is 0.00216. The number of imide groups is 1. The van der Waals surface area contributed by atoms with Gasteiger partial charge in [0.2, 0.25) is 6.10 Å². The quantitative estimate of drug-likeness (QED) is 0.849. The van der Waals surface area contributed by atoms with Crippen molar-refractivity contribution in [2.75, 3.05) is 6.54 Å². The van der Waals surface area contributed by atoms with Crippen LogP contribution in [0.5, 0.6) is 0 Å². The van der Waals surface area contributed by atoms with Gasteiger partial charge in [-0.05, 0) is 0 Å². The number of hydrogen-bond donors (Lipinski definition) is 0. The van der Waals surface area contributed by atoms with Gasteiger partial charge in [-0.25, -0.2) is 9.69 Å². The van der Waals surface area contributed by atoms with Crippen LogP contribution < -0.4 is 0 Å². The zero-order valence-electron chi connectivity index (χ0n) is 11.8. The maximum absolute atomic E-state index is 12.2. The van der Waals surface area contributed by atoms with Crippen LogP contribution in [-0.2, 0) is 14.3 Å². The SMILES string of the molecule is CC(C)(C)C(=O)CN1C(=O)OC(c2ccccc2)C1=O. The summed E-state index contributed by atoms with van der Waals surface area (Å²) >= 11 is 0. The molecule has 1 aliphatic heterocycles. The molecule has 106 valence electrons. The minimum Gasteiger partial charge on any atom is -0.431 e. The van der Waals surface area contributed by atoms with Gasteiger partial charge in [0.05, 0.1) is 6.54 Å². The second-order valence-corrected chi connectivity index (χ2v) is 5.77. The molecule has 2 rings (SSSR count). The number of hydrogen-bond acceptors (Lipinski definition) is 4. The fourth-order valence-electron chi connectivity index (χ4n) is 1.81. The molecule has 0 saturated carbocycles. The van der Waals surface area contributed by atoms with Crippen LogP contribution >= 0.6 is 0 Å². The van der Waals surface area contributed by atoms with Crippen molar-refractivity contribution in [3.63, 3.8) is 0 Å². The minimum atomic E-state index is -0.948. The first kappa shape index (κ1) is 14.2. The highest BCUT2D eigenvalue weighted by Crippen LogP contribution is 2.28. The van der Waals surface area contributed by atoms with Gasteiger partial charge in [-0.1, -0.05) is 51.1 Å². The lowest BCUT2D eigenvalue weighted by atomic mass is 9.90. The standard InChI is InChI=1S/C15H17NO4/c1-15(2,3)11(17)9-16-13(18)12(20-14(16)19)10-7-5-4-6-8-10/h4-8,12H,9H2,1-3H3. The Morgan fingerprint density at radius 1 is 1.20 bits per heavy atom. The predicted octanol–water partition coefficient (Wildman–Crippen LogP) is 2.32. The molecular weight excluding hydrogens is 258 g/mol. The van der Waals surface area contributed by atoms with E-state index in [-0.39, 0.29) is 12.3 Å². The molecule has 5 heteroatoms. The number of cyclic esters (lactones) is 1. The van der Waals surface area contributed by atoms with Gasteiger partial charge in [0.1, 0.15) is 0 Å². The first-order chi connectivity index (χ1) is 9.30. The molecule has 1 aromatic carbocycles. The summed E-state index contributed by atoms with van der Waals surface area (Å²) in [5.74, 6) is -0.671. The summed E-state index contributed by atoms with van der Waals surface area (Å²) in [6, 6.07) is 8.76. The average Bonchev–Trinajstić information content (AvgIpc) is 2.66. The van der Waals surface area contributed by atoms with Gasteiger partial charge in [0.15, 0.2) is 5.78 Å². The van der Waals surface area contributed by atoms with Crippen molar-refractivity contribution in [2.45, 2.75) is 26.9 Å². The summed E-state index contributed by atoms with van der Waals surface area (Å²) in [6.07, 6.45) is -1.71.